The van der Waals surface area contributed by atoms with Crippen LogP contribution in [0.4, 0.5) is 10.1 Å². The summed E-state index contributed by atoms with van der Waals surface area (Å²) in [6, 6.07) is 15.1. The summed E-state index contributed by atoms with van der Waals surface area (Å²) in [6.07, 6.45) is 1.93. The maximum absolute atomic E-state index is 13.7. The van der Waals surface area contributed by atoms with Crippen molar-refractivity contribution in [3.63, 3.8) is 0 Å². The van der Waals surface area contributed by atoms with Gasteiger partial charge in [-0.05, 0) is 54.6 Å². The molecule has 1 amide bonds. The Bertz CT molecular complexity index is 867. The number of ether oxygens (including phenoxy) is 1. The minimum Gasteiger partial charge on any atom is -0.362 e. The summed E-state index contributed by atoms with van der Waals surface area (Å²) in [5.74, 6) is 0.0952. The number of morpholine rings is 1. The van der Waals surface area contributed by atoms with Gasteiger partial charge in [0.05, 0.1) is 12.1 Å². The molecule has 1 atom stereocenters. The number of amides is 1. The molecule has 2 saturated heterocycles. The molecule has 2 aliphatic rings. The quantitative estimate of drug-likeness (QED) is 0.770. The van der Waals surface area contributed by atoms with E-state index in [1.54, 1.807) is 17.0 Å². The fourth-order valence-corrected chi connectivity index (χ4v) is 4.43. The van der Waals surface area contributed by atoms with Gasteiger partial charge in [-0.1, -0.05) is 44.2 Å². The van der Waals surface area contributed by atoms with Crippen molar-refractivity contribution >= 4 is 11.6 Å². The van der Waals surface area contributed by atoms with Gasteiger partial charge in [-0.15, -0.1) is 0 Å². The van der Waals surface area contributed by atoms with Crippen molar-refractivity contribution in [2.75, 3.05) is 31.1 Å². The first-order valence-corrected chi connectivity index (χ1v) is 10.5. The Kier molecular flexibility index (Phi) is 5.70. The summed E-state index contributed by atoms with van der Waals surface area (Å²) in [5, 5.41) is 0. The number of nitrogens with zero attached hydrogens (tertiary/aromatic N) is 2. The van der Waals surface area contributed by atoms with E-state index in [2.05, 4.69) is 43.0 Å². The SMILES string of the molecule is CC(C)c1ccc(CN2CCCC3(C2)CN(c2cccc(F)c2)C(=O)CO3)cc1. The third-order valence-electron chi connectivity index (χ3n) is 6.04. The number of benzene rings is 2. The van der Waals surface area contributed by atoms with E-state index in [1.807, 2.05) is 0 Å². The lowest BCUT2D eigenvalue weighted by molar-refractivity contribution is -0.146. The second kappa shape index (κ2) is 8.25. The molecule has 2 aromatic rings. The minimum atomic E-state index is -0.393. The van der Waals surface area contributed by atoms with Crippen LogP contribution in [0, 0.1) is 5.82 Å². The van der Waals surface area contributed by atoms with Crippen LogP contribution in [0.25, 0.3) is 0 Å². The van der Waals surface area contributed by atoms with Gasteiger partial charge < -0.3 is 9.64 Å². The van der Waals surface area contributed by atoms with E-state index in [-0.39, 0.29) is 18.3 Å². The first kappa shape index (κ1) is 20.0. The molecule has 0 aliphatic carbocycles. The summed E-state index contributed by atoms with van der Waals surface area (Å²) in [4.78, 5) is 16.6. The predicted octanol–water partition coefficient (Wildman–Crippen LogP) is 4.35. The van der Waals surface area contributed by atoms with E-state index in [4.69, 9.17) is 4.74 Å². The molecule has 2 aliphatic heterocycles. The molecule has 2 aromatic carbocycles. The monoisotopic (exact) mass is 396 g/mol. The number of carbonyl (C=O) groups is 1. The fraction of sp³-hybridized carbons (Fsp3) is 0.458. The summed E-state index contributed by atoms with van der Waals surface area (Å²) in [6.45, 7) is 7.59. The standard InChI is InChI=1S/C24H29FN2O2/c1-18(2)20-9-7-19(8-10-20)14-26-12-4-11-24(16-26)17-27(23(28)15-29-24)22-6-3-5-21(25)13-22/h3,5-10,13,18H,4,11-12,14-17H2,1-2H3. The van der Waals surface area contributed by atoms with Gasteiger partial charge in [0, 0.05) is 18.8 Å². The average Bonchev–Trinajstić information content (AvgIpc) is 2.71. The van der Waals surface area contributed by atoms with Crippen LogP contribution >= 0.6 is 0 Å². The fourth-order valence-electron chi connectivity index (χ4n) is 4.43. The molecule has 29 heavy (non-hydrogen) atoms. The Morgan fingerprint density at radius 2 is 1.93 bits per heavy atom. The minimum absolute atomic E-state index is 0.0490. The number of hydrogen-bond donors (Lipinski definition) is 0. The van der Waals surface area contributed by atoms with Gasteiger partial charge in [-0.3, -0.25) is 9.69 Å². The van der Waals surface area contributed by atoms with Crippen molar-refractivity contribution in [3.8, 4) is 0 Å². The Labute approximate surface area is 172 Å². The highest BCUT2D eigenvalue weighted by atomic mass is 19.1. The topological polar surface area (TPSA) is 32.8 Å². The number of carbonyl (C=O) groups excluding carboxylic acids is 1. The predicted molar refractivity (Wildman–Crippen MR) is 112 cm³/mol. The summed E-state index contributed by atoms with van der Waals surface area (Å²) in [7, 11) is 0. The van der Waals surface area contributed by atoms with Crippen LogP contribution in [0.1, 0.15) is 43.7 Å². The maximum Gasteiger partial charge on any atom is 0.253 e. The largest absolute Gasteiger partial charge is 0.362 e. The molecule has 4 nitrogen and oxygen atoms in total. The van der Waals surface area contributed by atoms with Crippen molar-refractivity contribution in [1.29, 1.82) is 0 Å². The molecular weight excluding hydrogens is 367 g/mol. The van der Waals surface area contributed by atoms with E-state index in [9.17, 15) is 9.18 Å². The van der Waals surface area contributed by atoms with Crippen molar-refractivity contribution < 1.29 is 13.9 Å². The first-order valence-electron chi connectivity index (χ1n) is 10.5. The molecule has 1 unspecified atom stereocenters. The van der Waals surface area contributed by atoms with Crippen LogP contribution in [0.15, 0.2) is 48.5 Å². The zero-order valence-corrected chi connectivity index (χ0v) is 17.2. The van der Waals surface area contributed by atoms with Crippen molar-refractivity contribution in [3.05, 3.63) is 65.5 Å². The molecule has 0 bridgehead atoms. The van der Waals surface area contributed by atoms with Crippen LogP contribution in [-0.2, 0) is 16.1 Å². The first-order chi connectivity index (χ1) is 13.9. The highest BCUT2D eigenvalue weighted by Gasteiger charge is 2.43. The number of rotatable bonds is 4. The normalized spacial score (nSPS) is 23.2. The molecule has 0 radical (unpaired) electrons. The van der Waals surface area contributed by atoms with Gasteiger partial charge >= 0.3 is 0 Å². The lowest BCUT2D eigenvalue weighted by Gasteiger charge is -2.47. The number of piperidine rings is 1. The van der Waals surface area contributed by atoms with Crippen LogP contribution in [0.3, 0.4) is 0 Å². The second-order valence-electron chi connectivity index (χ2n) is 8.64. The van der Waals surface area contributed by atoms with Crippen LogP contribution in [0.2, 0.25) is 0 Å². The van der Waals surface area contributed by atoms with E-state index >= 15 is 0 Å². The molecule has 2 fully saturated rings. The summed E-state index contributed by atoms with van der Waals surface area (Å²) in [5.41, 5.74) is 2.86. The highest BCUT2D eigenvalue weighted by molar-refractivity contribution is 5.95. The average molecular weight is 397 g/mol. The molecule has 2 heterocycles. The van der Waals surface area contributed by atoms with Gasteiger partial charge in [0.1, 0.15) is 12.4 Å². The third-order valence-corrected chi connectivity index (χ3v) is 6.04. The molecule has 4 rings (SSSR count). The van der Waals surface area contributed by atoms with Crippen molar-refractivity contribution in [2.45, 2.75) is 44.8 Å². The number of anilines is 1. The highest BCUT2D eigenvalue weighted by Crippen LogP contribution is 2.32. The smallest absolute Gasteiger partial charge is 0.253 e. The molecule has 1 spiro atoms. The summed E-state index contributed by atoms with van der Waals surface area (Å²) >= 11 is 0. The number of likely N-dealkylation sites (tertiary alicyclic amines) is 1. The third kappa shape index (κ3) is 4.51. The lowest BCUT2D eigenvalue weighted by Crippen LogP contribution is -2.61. The van der Waals surface area contributed by atoms with Gasteiger partial charge in [0.25, 0.3) is 5.91 Å². The van der Waals surface area contributed by atoms with Crippen molar-refractivity contribution in [1.82, 2.24) is 4.90 Å². The van der Waals surface area contributed by atoms with Gasteiger partial charge in [0.2, 0.25) is 0 Å². The number of hydrogen-bond acceptors (Lipinski definition) is 3. The van der Waals surface area contributed by atoms with Gasteiger partial charge in [-0.25, -0.2) is 4.39 Å². The Hall–Kier alpha value is -2.24. The molecule has 5 heteroatoms. The van der Waals surface area contributed by atoms with Crippen LogP contribution in [-0.4, -0.2) is 42.6 Å². The molecule has 154 valence electrons. The molecule has 0 N–H and O–H groups in total. The zero-order chi connectivity index (χ0) is 20.4. The van der Waals surface area contributed by atoms with E-state index in [1.165, 1.54) is 23.3 Å². The van der Waals surface area contributed by atoms with E-state index in [0.717, 1.165) is 32.5 Å². The van der Waals surface area contributed by atoms with Crippen LogP contribution < -0.4 is 4.90 Å². The molecule has 0 saturated carbocycles. The van der Waals surface area contributed by atoms with E-state index < -0.39 is 5.60 Å². The maximum atomic E-state index is 13.7. The Balaban J connectivity index is 1.47. The molecule has 0 aromatic heterocycles. The van der Waals surface area contributed by atoms with Gasteiger partial charge in [-0.2, -0.15) is 0 Å². The van der Waals surface area contributed by atoms with Gasteiger partial charge in [0.15, 0.2) is 0 Å². The van der Waals surface area contributed by atoms with E-state index in [0.29, 0.717) is 18.2 Å². The van der Waals surface area contributed by atoms with Crippen molar-refractivity contribution in [2.24, 2.45) is 0 Å². The summed E-state index contributed by atoms with van der Waals surface area (Å²) < 4.78 is 19.8. The zero-order valence-electron chi connectivity index (χ0n) is 17.2. The Morgan fingerprint density at radius 1 is 1.14 bits per heavy atom. The van der Waals surface area contributed by atoms with Crippen LogP contribution in [0.5, 0.6) is 0 Å². The lowest BCUT2D eigenvalue weighted by atomic mass is 9.90. The Morgan fingerprint density at radius 3 is 2.66 bits per heavy atom. The molecular formula is C24H29FN2O2. The second-order valence-corrected chi connectivity index (χ2v) is 8.64. The number of halogens is 1.